The maximum absolute atomic E-state index is 12.9. The number of ether oxygens (including phenoxy) is 1. The van der Waals surface area contributed by atoms with Crippen LogP contribution in [0.3, 0.4) is 0 Å². The van der Waals surface area contributed by atoms with Crippen molar-refractivity contribution >= 4 is 5.97 Å². The van der Waals surface area contributed by atoms with Crippen LogP contribution < -0.4 is 4.74 Å². The second-order valence-electron chi connectivity index (χ2n) is 9.60. The molecule has 4 rings (SSSR count). The van der Waals surface area contributed by atoms with E-state index in [0.717, 1.165) is 11.1 Å². The number of carbonyl (C=O) groups excluding carboxylic acids is 1. The van der Waals surface area contributed by atoms with Crippen molar-refractivity contribution in [1.29, 1.82) is 0 Å². The topological polar surface area (TPSA) is 26.3 Å². The lowest BCUT2D eigenvalue weighted by atomic mass is 9.81. The van der Waals surface area contributed by atoms with E-state index in [9.17, 15) is 4.79 Å². The average Bonchev–Trinajstić information content (AvgIpc) is 2.93. The predicted molar refractivity (Wildman–Crippen MR) is 149 cm³/mol. The highest BCUT2D eigenvalue weighted by molar-refractivity contribution is 5.89. The van der Waals surface area contributed by atoms with Gasteiger partial charge in [-0.3, -0.25) is 0 Å². The van der Waals surface area contributed by atoms with Gasteiger partial charge in [0.05, 0.1) is 0 Å². The van der Waals surface area contributed by atoms with E-state index in [2.05, 4.69) is 112 Å². The molecule has 0 fully saturated rings. The van der Waals surface area contributed by atoms with Gasteiger partial charge in [0.25, 0.3) is 0 Å². The third-order valence-corrected chi connectivity index (χ3v) is 7.04. The second-order valence-corrected chi connectivity index (χ2v) is 9.60. The van der Waals surface area contributed by atoms with Crippen molar-refractivity contribution in [2.45, 2.75) is 45.4 Å². The first-order valence-electron chi connectivity index (χ1n) is 12.6. The highest BCUT2D eigenvalue weighted by Gasteiger charge is 2.26. The molecule has 0 amide bonds. The van der Waals surface area contributed by atoms with Gasteiger partial charge in [0.2, 0.25) is 0 Å². The lowest BCUT2D eigenvalue weighted by Crippen LogP contribution is -2.15. The average molecular weight is 475 g/mol. The molecule has 0 aromatic heterocycles. The monoisotopic (exact) mass is 474 g/mol. The molecule has 36 heavy (non-hydrogen) atoms. The normalized spacial score (nSPS) is 13.4. The second kappa shape index (κ2) is 11.2. The molecule has 2 heteroatoms. The van der Waals surface area contributed by atoms with Crippen LogP contribution in [-0.4, -0.2) is 5.97 Å². The van der Waals surface area contributed by atoms with E-state index < -0.39 is 5.97 Å². The summed E-state index contributed by atoms with van der Waals surface area (Å²) in [4.78, 5) is 12.9. The highest BCUT2D eigenvalue weighted by atomic mass is 16.5. The van der Waals surface area contributed by atoms with Gasteiger partial charge in [-0.25, -0.2) is 4.79 Å². The molecular formula is C34H34O2. The van der Waals surface area contributed by atoms with E-state index in [4.69, 9.17) is 4.74 Å². The van der Waals surface area contributed by atoms with Crippen LogP contribution in [0, 0.1) is 0 Å². The largest absolute Gasteiger partial charge is 0.423 e. The maximum atomic E-state index is 12.9. The van der Waals surface area contributed by atoms with Crippen molar-refractivity contribution in [2.24, 2.45) is 0 Å². The number of rotatable bonds is 8. The third-order valence-electron chi connectivity index (χ3n) is 7.04. The molecule has 3 unspecified atom stereocenters. The summed E-state index contributed by atoms with van der Waals surface area (Å²) in [6.07, 6.45) is 0. The van der Waals surface area contributed by atoms with Crippen LogP contribution in [0.2, 0.25) is 0 Å². The van der Waals surface area contributed by atoms with Crippen LogP contribution >= 0.6 is 0 Å². The smallest absolute Gasteiger partial charge is 0.338 e. The maximum Gasteiger partial charge on any atom is 0.338 e. The summed E-state index contributed by atoms with van der Waals surface area (Å²) >= 11 is 0. The molecule has 4 aromatic rings. The summed E-state index contributed by atoms with van der Waals surface area (Å²) in [5.41, 5.74) is 7.20. The lowest BCUT2D eigenvalue weighted by molar-refractivity contribution is -0.130. The molecule has 0 N–H and O–H groups in total. The molecule has 0 saturated carbocycles. The zero-order chi connectivity index (χ0) is 25.7. The standard InChI is InChI=1S/C34H34O2/c1-23(2)34(35)36-33-31(25(4)28-17-11-7-12-18-28)21-30(24(3)27-15-9-6-10-16-27)22-32(33)26(5)29-19-13-8-14-20-29/h6-22,24-26H,1H2,2-5H3. The van der Waals surface area contributed by atoms with Crippen LogP contribution in [0.1, 0.15) is 78.8 Å². The Hall–Kier alpha value is -3.91. The van der Waals surface area contributed by atoms with E-state index >= 15 is 0 Å². The fraction of sp³-hybridized carbons (Fsp3) is 0.206. The van der Waals surface area contributed by atoms with E-state index in [0.29, 0.717) is 11.3 Å². The van der Waals surface area contributed by atoms with Gasteiger partial charge >= 0.3 is 5.97 Å². The van der Waals surface area contributed by atoms with Crippen LogP contribution in [-0.2, 0) is 4.79 Å². The van der Waals surface area contributed by atoms with E-state index in [1.54, 1.807) is 6.92 Å². The lowest BCUT2D eigenvalue weighted by Gasteiger charge is -2.26. The Morgan fingerprint density at radius 3 is 1.33 bits per heavy atom. The highest BCUT2D eigenvalue weighted by Crippen LogP contribution is 2.43. The number of hydrogen-bond donors (Lipinski definition) is 0. The van der Waals surface area contributed by atoms with Gasteiger partial charge in [-0.15, -0.1) is 0 Å². The fourth-order valence-electron chi connectivity index (χ4n) is 4.67. The number of benzene rings is 4. The van der Waals surface area contributed by atoms with Gasteiger partial charge in [0.1, 0.15) is 5.75 Å². The van der Waals surface area contributed by atoms with Crippen LogP contribution in [0.4, 0.5) is 0 Å². The number of esters is 1. The molecule has 0 aliphatic rings. The van der Waals surface area contributed by atoms with E-state index in [1.165, 1.54) is 22.3 Å². The van der Waals surface area contributed by atoms with Gasteiger partial charge in [0.15, 0.2) is 0 Å². The predicted octanol–water partition coefficient (Wildman–Crippen LogP) is 8.62. The molecule has 0 spiro atoms. The Labute approximate surface area is 215 Å². The van der Waals surface area contributed by atoms with Crippen molar-refractivity contribution in [3.63, 3.8) is 0 Å². The molecule has 0 heterocycles. The molecule has 4 aromatic carbocycles. The third kappa shape index (κ3) is 5.49. The zero-order valence-corrected chi connectivity index (χ0v) is 21.6. The quantitative estimate of drug-likeness (QED) is 0.145. The Morgan fingerprint density at radius 1 is 0.611 bits per heavy atom. The summed E-state index contributed by atoms with van der Waals surface area (Å²) < 4.78 is 6.13. The van der Waals surface area contributed by atoms with Gasteiger partial charge in [0, 0.05) is 34.5 Å². The zero-order valence-electron chi connectivity index (χ0n) is 21.6. The van der Waals surface area contributed by atoms with Crippen molar-refractivity contribution < 1.29 is 9.53 Å². The summed E-state index contributed by atoms with van der Waals surface area (Å²) in [5, 5.41) is 0. The molecular weight excluding hydrogens is 440 g/mol. The van der Waals surface area contributed by atoms with E-state index in [-0.39, 0.29) is 17.8 Å². The first kappa shape index (κ1) is 25.2. The van der Waals surface area contributed by atoms with Crippen molar-refractivity contribution in [3.05, 3.63) is 149 Å². The van der Waals surface area contributed by atoms with Gasteiger partial charge in [-0.1, -0.05) is 130 Å². The number of carbonyl (C=O) groups is 1. The van der Waals surface area contributed by atoms with Crippen molar-refractivity contribution in [3.8, 4) is 5.75 Å². The minimum Gasteiger partial charge on any atom is -0.423 e. The molecule has 0 aliphatic heterocycles. The molecule has 0 saturated heterocycles. The summed E-state index contributed by atoms with van der Waals surface area (Å²) in [6.45, 7) is 12.1. The first-order valence-corrected chi connectivity index (χ1v) is 12.6. The SMILES string of the molecule is C=C(C)C(=O)Oc1c(C(C)c2ccccc2)cc(C(C)c2ccccc2)cc1C(C)c1ccccc1. The number of hydrogen-bond acceptors (Lipinski definition) is 2. The first-order chi connectivity index (χ1) is 17.4. The van der Waals surface area contributed by atoms with Crippen LogP contribution in [0.15, 0.2) is 115 Å². The molecule has 3 atom stereocenters. The fourth-order valence-corrected chi connectivity index (χ4v) is 4.67. The molecule has 2 nitrogen and oxygen atoms in total. The Bertz CT molecular complexity index is 1260. The van der Waals surface area contributed by atoms with Gasteiger partial charge in [-0.2, -0.15) is 0 Å². The van der Waals surface area contributed by atoms with Gasteiger partial charge < -0.3 is 4.74 Å². The summed E-state index contributed by atoms with van der Waals surface area (Å²) in [5.74, 6) is 0.481. The van der Waals surface area contributed by atoms with E-state index in [1.807, 2.05) is 18.2 Å². The van der Waals surface area contributed by atoms with Crippen molar-refractivity contribution in [1.82, 2.24) is 0 Å². The van der Waals surface area contributed by atoms with Crippen molar-refractivity contribution in [2.75, 3.05) is 0 Å². The molecule has 182 valence electrons. The van der Waals surface area contributed by atoms with Crippen LogP contribution in [0.5, 0.6) is 5.75 Å². The molecule has 0 radical (unpaired) electrons. The minimum absolute atomic E-state index is 0.0313. The minimum atomic E-state index is -0.401. The Kier molecular flexibility index (Phi) is 7.85. The molecule has 0 bridgehead atoms. The van der Waals surface area contributed by atoms with Gasteiger partial charge in [-0.05, 0) is 29.2 Å². The summed E-state index contributed by atoms with van der Waals surface area (Å²) in [7, 11) is 0. The molecule has 0 aliphatic carbocycles. The van der Waals surface area contributed by atoms with Crippen LogP contribution in [0.25, 0.3) is 0 Å². The Morgan fingerprint density at radius 2 is 0.972 bits per heavy atom. The Balaban J connectivity index is 1.96. The summed E-state index contributed by atoms with van der Waals surface area (Å²) in [6, 6.07) is 35.7.